The Labute approximate surface area is 112 Å². The summed E-state index contributed by atoms with van der Waals surface area (Å²) in [7, 11) is 1.63. The second kappa shape index (κ2) is 7.03. The maximum absolute atomic E-state index is 11.9. The number of nitriles is 2. The number of hydrogen-bond donors (Lipinski definition) is 0. The molecule has 19 heavy (non-hydrogen) atoms. The Balaban J connectivity index is 2.63. The molecule has 0 bridgehead atoms. The molecule has 0 radical (unpaired) electrons. The molecule has 0 fully saturated rings. The Kier molecular flexibility index (Phi) is 5.37. The minimum Gasteiger partial charge on any atom is -0.481 e. The number of amides is 1. The molecule has 1 aromatic rings. The third-order valence-electron chi connectivity index (χ3n) is 2.56. The van der Waals surface area contributed by atoms with Crippen molar-refractivity contribution < 1.29 is 9.53 Å². The Morgan fingerprint density at radius 1 is 1.47 bits per heavy atom. The Morgan fingerprint density at radius 2 is 2.21 bits per heavy atom. The minimum atomic E-state index is -0.655. The Bertz CT molecular complexity index is 528. The van der Waals surface area contributed by atoms with Crippen LogP contribution in [0.5, 0.6) is 5.75 Å². The van der Waals surface area contributed by atoms with E-state index in [2.05, 4.69) is 0 Å². The molecule has 5 nitrogen and oxygen atoms in total. The molecular weight excluding hydrogens is 242 g/mol. The van der Waals surface area contributed by atoms with E-state index in [4.69, 9.17) is 15.3 Å². The molecule has 0 aromatic heterocycles. The van der Waals surface area contributed by atoms with Gasteiger partial charge < -0.3 is 9.64 Å². The second-order valence-electron chi connectivity index (χ2n) is 4.07. The lowest BCUT2D eigenvalue weighted by Crippen LogP contribution is -2.38. The van der Waals surface area contributed by atoms with Crippen LogP contribution in [0.2, 0.25) is 0 Å². The van der Waals surface area contributed by atoms with Crippen molar-refractivity contribution in [2.45, 2.75) is 19.4 Å². The summed E-state index contributed by atoms with van der Waals surface area (Å²) in [6.45, 7) is 2.02. The largest absolute Gasteiger partial charge is 0.481 e. The predicted octanol–water partition coefficient (Wildman–Crippen LogP) is 1.70. The molecule has 0 aliphatic heterocycles. The number of carbonyl (C=O) groups excluding carboxylic acids is 1. The molecule has 0 aliphatic carbocycles. The Morgan fingerprint density at radius 3 is 2.84 bits per heavy atom. The van der Waals surface area contributed by atoms with Gasteiger partial charge in [0.25, 0.3) is 5.91 Å². The number of rotatable bonds is 5. The fourth-order valence-electron chi connectivity index (χ4n) is 1.53. The van der Waals surface area contributed by atoms with Gasteiger partial charge in [-0.3, -0.25) is 4.79 Å². The first-order chi connectivity index (χ1) is 9.08. The monoisotopic (exact) mass is 257 g/mol. The maximum Gasteiger partial charge on any atom is 0.263 e. The molecule has 0 saturated carbocycles. The number of benzene rings is 1. The number of carbonyl (C=O) groups is 1. The van der Waals surface area contributed by atoms with Gasteiger partial charge in [-0.1, -0.05) is 6.07 Å². The lowest BCUT2D eigenvalue weighted by Gasteiger charge is -2.21. The van der Waals surface area contributed by atoms with Crippen molar-refractivity contribution in [3.05, 3.63) is 29.8 Å². The molecule has 0 N–H and O–H groups in total. The molecular formula is C14H15N3O2. The first-order valence-corrected chi connectivity index (χ1v) is 5.87. The predicted molar refractivity (Wildman–Crippen MR) is 69.1 cm³/mol. The van der Waals surface area contributed by atoms with E-state index < -0.39 is 6.10 Å². The van der Waals surface area contributed by atoms with Crippen LogP contribution in [0.25, 0.3) is 0 Å². The van der Waals surface area contributed by atoms with E-state index in [1.807, 2.05) is 12.1 Å². The van der Waals surface area contributed by atoms with Gasteiger partial charge in [0.15, 0.2) is 6.10 Å². The summed E-state index contributed by atoms with van der Waals surface area (Å²) < 4.78 is 5.49. The average Bonchev–Trinajstić information content (AvgIpc) is 2.43. The van der Waals surface area contributed by atoms with E-state index in [0.717, 1.165) is 0 Å². The fourth-order valence-corrected chi connectivity index (χ4v) is 1.53. The van der Waals surface area contributed by atoms with Crippen molar-refractivity contribution in [2.75, 3.05) is 13.6 Å². The topological polar surface area (TPSA) is 77.1 Å². The molecule has 98 valence electrons. The van der Waals surface area contributed by atoms with E-state index >= 15 is 0 Å². The van der Waals surface area contributed by atoms with Crippen molar-refractivity contribution in [2.24, 2.45) is 0 Å². The van der Waals surface area contributed by atoms with Crippen LogP contribution in [0.4, 0.5) is 0 Å². The average molecular weight is 257 g/mol. The van der Waals surface area contributed by atoms with Crippen molar-refractivity contribution in [3.63, 3.8) is 0 Å². The maximum atomic E-state index is 11.9. The summed E-state index contributed by atoms with van der Waals surface area (Å²) in [5.74, 6) is 0.284. The molecule has 1 rings (SSSR count). The van der Waals surface area contributed by atoms with Crippen LogP contribution in [0, 0.1) is 22.7 Å². The van der Waals surface area contributed by atoms with Crippen molar-refractivity contribution in [1.82, 2.24) is 4.90 Å². The lowest BCUT2D eigenvalue weighted by molar-refractivity contribution is -0.136. The van der Waals surface area contributed by atoms with E-state index in [1.54, 1.807) is 38.2 Å². The van der Waals surface area contributed by atoms with Gasteiger partial charge in [0.1, 0.15) is 5.75 Å². The highest BCUT2D eigenvalue weighted by molar-refractivity contribution is 5.80. The summed E-state index contributed by atoms with van der Waals surface area (Å²) in [6, 6.07) is 10.6. The summed E-state index contributed by atoms with van der Waals surface area (Å²) in [5, 5.41) is 17.3. The summed E-state index contributed by atoms with van der Waals surface area (Å²) in [5.41, 5.74) is 0.481. The van der Waals surface area contributed by atoms with Crippen LogP contribution in [-0.4, -0.2) is 30.5 Å². The van der Waals surface area contributed by atoms with Crippen LogP contribution >= 0.6 is 0 Å². The Hall–Kier alpha value is -2.53. The first-order valence-electron chi connectivity index (χ1n) is 5.87. The van der Waals surface area contributed by atoms with Crippen LogP contribution in [-0.2, 0) is 4.79 Å². The van der Waals surface area contributed by atoms with Gasteiger partial charge in [-0.25, -0.2) is 0 Å². The SMILES string of the molecule is CC(Oc1cccc(C#N)c1)C(=O)N(C)CCC#N. The van der Waals surface area contributed by atoms with E-state index in [1.165, 1.54) is 4.90 Å². The number of ether oxygens (including phenoxy) is 1. The van der Waals surface area contributed by atoms with Crippen LogP contribution in [0.3, 0.4) is 0 Å². The molecule has 0 aliphatic rings. The molecule has 0 saturated heterocycles. The quantitative estimate of drug-likeness (QED) is 0.804. The van der Waals surface area contributed by atoms with E-state index in [0.29, 0.717) is 24.3 Å². The highest BCUT2D eigenvalue weighted by atomic mass is 16.5. The van der Waals surface area contributed by atoms with Gasteiger partial charge in [-0.2, -0.15) is 10.5 Å². The molecule has 1 amide bonds. The van der Waals surface area contributed by atoms with E-state index in [9.17, 15) is 4.79 Å². The normalized spacial score (nSPS) is 10.9. The highest BCUT2D eigenvalue weighted by Gasteiger charge is 2.18. The van der Waals surface area contributed by atoms with Gasteiger partial charge in [0.05, 0.1) is 24.1 Å². The number of hydrogen-bond acceptors (Lipinski definition) is 4. The number of nitrogens with zero attached hydrogens (tertiary/aromatic N) is 3. The molecule has 1 aromatic carbocycles. The van der Waals surface area contributed by atoms with Gasteiger partial charge in [0.2, 0.25) is 0 Å². The summed E-state index contributed by atoms with van der Waals surface area (Å²) >= 11 is 0. The summed E-state index contributed by atoms with van der Waals surface area (Å²) in [4.78, 5) is 13.4. The zero-order chi connectivity index (χ0) is 14.3. The van der Waals surface area contributed by atoms with E-state index in [-0.39, 0.29) is 5.91 Å². The standard InChI is InChI=1S/C14H15N3O2/c1-11(14(18)17(2)8-4-7-15)19-13-6-3-5-12(9-13)10-16/h3,5-6,9,11H,4,8H2,1-2H3. The van der Waals surface area contributed by atoms with Gasteiger partial charge in [-0.15, -0.1) is 0 Å². The summed E-state index contributed by atoms with van der Waals surface area (Å²) in [6.07, 6.45) is -0.364. The fraction of sp³-hybridized carbons (Fsp3) is 0.357. The molecule has 0 spiro atoms. The van der Waals surface area contributed by atoms with Crippen molar-refractivity contribution in [1.29, 1.82) is 10.5 Å². The van der Waals surface area contributed by atoms with Crippen molar-refractivity contribution >= 4 is 5.91 Å². The minimum absolute atomic E-state index is 0.197. The van der Waals surface area contributed by atoms with Gasteiger partial charge >= 0.3 is 0 Å². The molecule has 1 atom stereocenters. The van der Waals surface area contributed by atoms with Crippen LogP contribution < -0.4 is 4.74 Å². The lowest BCUT2D eigenvalue weighted by atomic mass is 10.2. The third-order valence-corrected chi connectivity index (χ3v) is 2.56. The second-order valence-corrected chi connectivity index (χ2v) is 4.07. The van der Waals surface area contributed by atoms with Gasteiger partial charge in [0, 0.05) is 13.6 Å². The van der Waals surface area contributed by atoms with Gasteiger partial charge in [-0.05, 0) is 25.1 Å². The molecule has 5 heteroatoms. The molecule has 1 unspecified atom stereocenters. The number of likely N-dealkylation sites (N-methyl/N-ethyl adjacent to an activating group) is 1. The van der Waals surface area contributed by atoms with Crippen LogP contribution in [0.15, 0.2) is 24.3 Å². The zero-order valence-electron chi connectivity index (χ0n) is 11.0. The van der Waals surface area contributed by atoms with Crippen molar-refractivity contribution in [3.8, 4) is 17.9 Å². The third kappa shape index (κ3) is 4.33. The smallest absolute Gasteiger partial charge is 0.263 e. The zero-order valence-corrected chi connectivity index (χ0v) is 11.0. The first kappa shape index (κ1) is 14.5. The van der Waals surface area contributed by atoms with Crippen LogP contribution in [0.1, 0.15) is 18.9 Å². The highest BCUT2D eigenvalue weighted by Crippen LogP contribution is 2.15. The molecule has 0 heterocycles.